The van der Waals surface area contributed by atoms with Crippen molar-refractivity contribution >= 4 is 11.4 Å². The van der Waals surface area contributed by atoms with Crippen LogP contribution in [0.25, 0.3) is 0 Å². The summed E-state index contributed by atoms with van der Waals surface area (Å²) in [4.78, 5) is 4.61. The number of nitrogens with zero attached hydrogens (tertiary/aromatic N) is 2. The quantitative estimate of drug-likeness (QED) is 0.747. The number of ether oxygens (including phenoxy) is 1. The van der Waals surface area contributed by atoms with Crippen LogP contribution in [0.5, 0.6) is 0 Å². The molecule has 1 N–H and O–H groups in total. The van der Waals surface area contributed by atoms with Gasteiger partial charge in [0.25, 0.3) is 0 Å². The Morgan fingerprint density at radius 2 is 1.91 bits per heavy atom. The van der Waals surface area contributed by atoms with Crippen LogP contribution in [-0.4, -0.2) is 50.1 Å². The zero-order valence-corrected chi connectivity index (χ0v) is 14.4. The highest BCUT2D eigenvalue weighted by Gasteiger charge is 2.16. The van der Waals surface area contributed by atoms with Crippen molar-refractivity contribution < 1.29 is 9.84 Å². The van der Waals surface area contributed by atoms with Crippen molar-refractivity contribution in [2.45, 2.75) is 38.8 Å². The third-order valence-electron chi connectivity index (χ3n) is 4.29. The molecule has 1 saturated heterocycles. The fraction of sp³-hybridized carbons (Fsp3) is 0.579. The maximum Gasteiger partial charge on any atom is 0.0718 e. The van der Waals surface area contributed by atoms with Gasteiger partial charge in [0.2, 0.25) is 0 Å². The highest BCUT2D eigenvalue weighted by molar-refractivity contribution is 5.57. The van der Waals surface area contributed by atoms with E-state index in [0.29, 0.717) is 12.6 Å². The van der Waals surface area contributed by atoms with Crippen LogP contribution >= 0.6 is 0 Å². The van der Waals surface area contributed by atoms with Crippen LogP contribution in [0.1, 0.15) is 26.7 Å². The molecule has 4 nitrogen and oxygen atoms in total. The molecule has 4 heteroatoms. The molecule has 0 bridgehead atoms. The summed E-state index contributed by atoms with van der Waals surface area (Å²) < 4.78 is 5.41. The highest BCUT2D eigenvalue weighted by Crippen LogP contribution is 2.23. The van der Waals surface area contributed by atoms with Crippen molar-refractivity contribution in [2.75, 3.05) is 42.6 Å². The van der Waals surface area contributed by atoms with Gasteiger partial charge in [0, 0.05) is 37.1 Å². The topological polar surface area (TPSA) is 35.9 Å². The van der Waals surface area contributed by atoms with E-state index in [1.807, 2.05) is 6.08 Å². The molecular weight excluding hydrogens is 288 g/mol. The smallest absolute Gasteiger partial charge is 0.0718 e. The number of hydrogen-bond acceptors (Lipinski definition) is 4. The van der Waals surface area contributed by atoms with Crippen molar-refractivity contribution in [1.29, 1.82) is 0 Å². The fourth-order valence-electron chi connectivity index (χ4n) is 2.92. The zero-order valence-electron chi connectivity index (χ0n) is 14.4. The van der Waals surface area contributed by atoms with Crippen LogP contribution < -0.4 is 9.80 Å². The van der Waals surface area contributed by atoms with Gasteiger partial charge >= 0.3 is 0 Å². The summed E-state index contributed by atoms with van der Waals surface area (Å²) in [5, 5.41) is 10.2. The Hall–Kier alpha value is -1.52. The molecule has 0 spiro atoms. The summed E-state index contributed by atoms with van der Waals surface area (Å²) in [6.45, 7) is 12.2. The normalized spacial score (nSPS) is 16.4. The number of aliphatic hydroxyl groups is 1. The standard InChI is InChI=1S/C19H30N2O2/c1-4-5-6-19(22)15-21(16(2)3)18-9-7-17(8-10-18)20-11-13-23-14-12-20/h4,7-10,16,19,22H,1,5-6,11-15H2,2-3H3. The molecule has 1 atom stereocenters. The number of aliphatic hydroxyl groups excluding tert-OH is 1. The van der Waals surface area contributed by atoms with Gasteiger partial charge in [-0.25, -0.2) is 0 Å². The van der Waals surface area contributed by atoms with E-state index in [1.165, 1.54) is 5.69 Å². The molecule has 1 fully saturated rings. The molecule has 0 aromatic heterocycles. The van der Waals surface area contributed by atoms with E-state index in [2.05, 4.69) is 54.5 Å². The second kappa shape index (κ2) is 8.94. The van der Waals surface area contributed by atoms with Crippen molar-refractivity contribution in [3.8, 4) is 0 Å². The van der Waals surface area contributed by atoms with Crippen LogP contribution in [0.2, 0.25) is 0 Å². The van der Waals surface area contributed by atoms with E-state index in [9.17, 15) is 5.11 Å². The highest BCUT2D eigenvalue weighted by atomic mass is 16.5. The molecule has 23 heavy (non-hydrogen) atoms. The molecule has 1 aliphatic rings. The monoisotopic (exact) mass is 318 g/mol. The summed E-state index contributed by atoms with van der Waals surface area (Å²) in [5.74, 6) is 0. The molecular formula is C19H30N2O2. The molecule has 0 amide bonds. The predicted octanol–water partition coefficient (Wildman–Crippen LogP) is 3.07. The predicted molar refractivity (Wildman–Crippen MR) is 97.4 cm³/mol. The second-order valence-electron chi connectivity index (χ2n) is 6.38. The summed E-state index contributed by atoms with van der Waals surface area (Å²) in [6, 6.07) is 9.01. The first-order chi connectivity index (χ1) is 11.1. The lowest BCUT2D eigenvalue weighted by atomic mass is 10.1. The number of hydrogen-bond donors (Lipinski definition) is 1. The number of benzene rings is 1. The van der Waals surface area contributed by atoms with Gasteiger partial charge in [-0.15, -0.1) is 6.58 Å². The van der Waals surface area contributed by atoms with Crippen LogP contribution in [0.15, 0.2) is 36.9 Å². The van der Waals surface area contributed by atoms with Crippen LogP contribution in [0.4, 0.5) is 11.4 Å². The Bertz CT molecular complexity index is 467. The Balaban J connectivity index is 2.02. The van der Waals surface area contributed by atoms with E-state index < -0.39 is 0 Å². The van der Waals surface area contributed by atoms with E-state index in [1.54, 1.807) is 0 Å². The van der Waals surface area contributed by atoms with Crippen LogP contribution in [-0.2, 0) is 4.74 Å². The van der Waals surface area contributed by atoms with Crippen LogP contribution in [0.3, 0.4) is 0 Å². The Morgan fingerprint density at radius 3 is 2.48 bits per heavy atom. The van der Waals surface area contributed by atoms with E-state index in [0.717, 1.165) is 44.8 Å². The molecule has 1 aromatic rings. The molecule has 1 heterocycles. The minimum absolute atomic E-state index is 0.325. The van der Waals surface area contributed by atoms with Crippen LogP contribution in [0, 0.1) is 0 Å². The molecule has 1 unspecified atom stereocenters. The van der Waals surface area contributed by atoms with Gasteiger partial charge in [-0.1, -0.05) is 6.08 Å². The van der Waals surface area contributed by atoms with Gasteiger partial charge in [0.05, 0.1) is 19.3 Å². The van der Waals surface area contributed by atoms with Crippen molar-refractivity contribution in [3.63, 3.8) is 0 Å². The lowest BCUT2D eigenvalue weighted by Crippen LogP contribution is -2.38. The summed E-state index contributed by atoms with van der Waals surface area (Å²) >= 11 is 0. The van der Waals surface area contributed by atoms with Gasteiger partial charge in [-0.05, 0) is 51.0 Å². The first kappa shape index (κ1) is 17.8. The van der Waals surface area contributed by atoms with Gasteiger partial charge in [0.1, 0.15) is 0 Å². The summed E-state index contributed by atoms with van der Waals surface area (Å²) in [7, 11) is 0. The largest absolute Gasteiger partial charge is 0.391 e. The molecule has 0 radical (unpaired) electrons. The lowest BCUT2D eigenvalue weighted by molar-refractivity contribution is 0.122. The molecule has 0 aliphatic carbocycles. The summed E-state index contributed by atoms with van der Waals surface area (Å²) in [6.07, 6.45) is 3.15. The van der Waals surface area contributed by atoms with Crippen molar-refractivity contribution in [2.24, 2.45) is 0 Å². The second-order valence-corrected chi connectivity index (χ2v) is 6.38. The lowest BCUT2D eigenvalue weighted by Gasteiger charge is -2.32. The van der Waals surface area contributed by atoms with E-state index in [-0.39, 0.29) is 6.10 Å². The van der Waals surface area contributed by atoms with Gasteiger partial charge < -0.3 is 19.6 Å². The maximum absolute atomic E-state index is 10.2. The first-order valence-electron chi connectivity index (χ1n) is 8.60. The van der Waals surface area contributed by atoms with Crippen molar-refractivity contribution in [3.05, 3.63) is 36.9 Å². The zero-order chi connectivity index (χ0) is 16.7. The summed E-state index contributed by atoms with van der Waals surface area (Å²) in [5.41, 5.74) is 2.41. The minimum atomic E-state index is -0.325. The van der Waals surface area contributed by atoms with E-state index >= 15 is 0 Å². The molecule has 128 valence electrons. The number of rotatable bonds is 8. The number of anilines is 2. The maximum atomic E-state index is 10.2. The Kier molecular flexibility index (Phi) is 6.93. The van der Waals surface area contributed by atoms with Gasteiger partial charge in [-0.3, -0.25) is 0 Å². The molecule has 1 aliphatic heterocycles. The average molecular weight is 318 g/mol. The Morgan fingerprint density at radius 1 is 1.26 bits per heavy atom. The number of allylic oxidation sites excluding steroid dienone is 1. The number of morpholine rings is 1. The van der Waals surface area contributed by atoms with Gasteiger partial charge in [-0.2, -0.15) is 0 Å². The molecule has 1 aromatic carbocycles. The fourth-order valence-corrected chi connectivity index (χ4v) is 2.92. The Labute approximate surface area is 140 Å². The minimum Gasteiger partial charge on any atom is -0.391 e. The van der Waals surface area contributed by atoms with Crippen molar-refractivity contribution in [1.82, 2.24) is 0 Å². The van der Waals surface area contributed by atoms with E-state index in [4.69, 9.17) is 4.74 Å². The SMILES string of the molecule is C=CCCC(O)CN(c1ccc(N2CCOCC2)cc1)C(C)C. The molecule has 2 rings (SSSR count). The average Bonchev–Trinajstić information content (AvgIpc) is 2.58. The third kappa shape index (κ3) is 5.26. The van der Waals surface area contributed by atoms with Gasteiger partial charge in [0.15, 0.2) is 0 Å². The molecule has 0 saturated carbocycles. The first-order valence-corrected chi connectivity index (χ1v) is 8.60. The third-order valence-corrected chi connectivity index (χ3v) is 4.29.